The molecular formula is C24H32N4OS. The number of hydrogen-bond donors (Lipinski definition) is 1. The van der Waals surface area contributed by atoms with Crippen molar-refractivity contribution in [2.45, 2.75) is 54.0 Å². The lowest BCUT2D eigenvalue weighted by molar-refractivity contribution is 0.384. The fraction of sp³-hybridized carbons (Fsp3) is 0.375. The molecule has 0 amide bonds. The van der Waals surface area contributed by atoms with Crippen LogP contribution in [0.2, 0.25) is 0 Å². The minimum absolute atomic E-state index is 0.243. The summed E-state index contributed by atoms with van der Waals surface area (Å²) in [5, 5.41) is 4.37. The molecular weight excluding hydrogens is 392 g/mol. The van der Waals surface area contributed by atoms with E-state index in [4.69, 9.17) is 9.73 Å². The highest BCUT2D eigenvalue weighted by atomic mass is 32.1. The maximum Gasteiger partial charge on any atom is 0.213 e. The highest BCUT2D eigenvalue weighted by Gasteiger charge is 2.15. The maximum atomic E-state index is 5.52. The predicted molar refractivity (Wildman–Crippen MR) is 129 cm³/mol. The molecule has 1 heterocycles. The molecule has 1 aromatic heterocycles. The van der Waals surface area contributed by atoms with E-state index < -0.39 is 0 Å². The van der Waals surface area contributed by atoms with E-state index in [1.807, 2.05) is 39.2 Å². The molecule has 30 heavy (non-hydrogen) atoms. The largest absolute Gasteiger partial charge is 0.483 e. The minimum Gasteiger partial charge on any atom is -0.483 e. The predicted octanol–water partition coefficient (Wildman–Crippen LogP) is 6.04. The second-order valence-corrected chi connectivity index (χ2v) is 8.23. The van der Waals surface area contributed by atoms with Crippen LogP contribution in [0.3, 0.4) is 0 Å². The number of nitrogens with zero attached hydrogens (tertiary/aromatic N) is 3. The van der Waals surface area contributed by atoms with Crippen LogP contribution in [0.25, 0.3) is 10.6 Å². The molecule has 160 valence electrons. The zero-order valence-electron chi connectivity index (χ0n) is 19.0. The average Bonchev–Trinajstić information content (AvgIpc) is 3.17. The van der Waals surface area contributed by atoms with Crippen molar-refractivity contribution in [3.8, 4) is 10.6 Å². The Balaban J connectivity index is 2.51. The van der Waals surface area contributed by atoms with E-state index in [1.54, 1.807) is 18.4 Å². The lowest BCUT2D eigenvalue weighted by Crippen LogP contribution is -2.26. The molecule has 2 rings (SSSR count). The summed E-state index contributed by atoms with van der Waals surface area (Å²) in [6.07, 6.45) is 8.80. The Morgan fingerprint density at radius 1 is 1.33 bits per heavy atom. The summed E-state index contributed by atoms with van der Waals surface area (Å²) in [5.74, 6) is 1.36. The number of ether oxygens (including phenoxy) is 1. The second-order valence-electron chi connectivity index (χ2n) is 7.00. The SMILES string of the molecule is C/C=C(/C)N=C(OC)C(C)N=C(N/C=C/CC)c1cc(-c2ncc(C)s2)ccc1C. The van der Waals surface area contributed by atoms with E-state index in [9.17, 15) is 0 Å². The van der Waals surface area contributed by atoms with Gasteiger partial charge in [-0.05, 0) is 58.9 Å². The summed E-state index contributed by atoms with van der Waals surface area (Å²) >= 11 is 1.69. The average molecular weight is 425 g/mol. The fourth-order valence-electron chi connectivity index (χ4n) is 2.74. The van der Waals surface area contributed by atoms with Crippen LogP contribution in [0.15, 0.2) is 58.4 Å². The van der Waals surface area contributed by atoms with Crippen molar-refractivity contribution in [1.82, 2.24) is 10.3 Å². The van der Waals surface area contributed by atoms with Crippen LogP contribution in [-0.4, -0.2) is 29.9 Å². The summed E-state index contributed by atoms with van der Waals surface area (Å²) in [4.78, 5) is 15.2. The molecule has 6 heteroatoms. The molecule has 0 fully saturated rings. The van der Waals surface area contributed by atoms with Gasteiger partial charge in [-0.3, -0.25) is 4.99 Å². The number of aryl methyl sites for hydroxylation is 2. The van der Waals surface area contributed by atoms with Gasteiger partial charge in [-0.15, -0.1) is 11.3 Å². The first kappa shape index (κ1) is 23.5. The van der Waals surface area contributed by atoms with E-state index >= 15 is 0 Å². The van der Waals surface area contributed by atoms with Gasteiger partial charge in [0.2, 0.25) is 5.90 Å². The number of rotatable bonds is 7. The Bertz CT molecular complexity index is 969. The lowest BCUT2D eigenvalue weighted by Gasteiger charge is -2.15. The molecule has 1 atom stereocenters. The maximum absolute atomic E-state index is 5.52. The zero-order chi connectivity index (χ0) is 22.1. The number of methoxy groups -OCH3 is 1. The van der Waals surface area contributed by atoms with Crippen molar-refractivity contribution < 1.29 is 4.74 Å². The normalized spacial score (nSPS) is 14.3. The number of hydrogen-bond acceptors (Lipinski definition) is 5. The third-order valence-electron chi connectivity index (χ3n) is 4.53. The topological polar surface area (TPSA) is 58.9 Å². The van der Waals surface area contributed by atoms with Crippen LogP contribution >= 0.6 is 11.3 Å². The van der Waals surface area contributed by atoms with Gasteiger partial charge in [0, 0.05) is 27.9 Å². The first-order chi connectivity index (χ1) is 14.4. The molecule has 0 aliphatic rings. The summed E-state index contributed by atoms with van der Waals surface area (Å²) < 4.78 is 5.52. The minimum atomic E-state index is -0.243. The number of thiazole rings is 1. The van der Waals surface area contributed by atoms with Gasteiger partial charge in [-0.2, -0.15) is 0 Å². The van der Waals surface area contributed by atoms with Gasteiger partial charge < -0.3 is 10.1 Å². The first-order valence-corrected chi connectivity index (χ1v) is 11.0. The molecule has 0 radical (unpaired) electrons. The summed E-state index contributed by atoms with van der Waals surface area (Å²) in [6, 6.07) is 6.12. The standard InChI is InChI=1S/C24H32N4OS/c1-8-10-13-25-22(28-19(6)23(29-7)27-17(4)9-2)21-14-20(12-11-16(21)3)24-26-15-18(5)30-24/h9-15,19H,8H2,1-7H3,(H,25,28)/b13-10+,17-9-,27-23?. The second kappa shape index (κ2) is 11.5. The number of nitrogens with one attached hydrogen (secondary N) is 1. The molecule has 1 aromatic carbocycles. The van der Waals surface area contributed by atoms with Crippen molar-refractivity contribution in [3.63, 3.8) is 0 Å². The van der Waals surface area contributed by atoms with E-state index in [0.717, 1.165) is 39.7 Å². The van der Waals surface area contributed by atoms with E-state index in [2.05, 4.69) is 60.3 Å². The highest BCUT2D eigenvalue weighted by molar-refractivity contribution is 7.14. The van der Waals surface area contributed by atoms with E-state index in [1.165, 1.54) is 4.88 Å². The fourth-order valence-corrected chi connectivity index (χ4v) is 3.50. The van der Waals surface area contributed by atoms with Crippen LogP contribution < -0.4 is 5.32 Å². The Morgan fingerprint density at radius 3 is 2.70 bits per heavy atom. The van der Waals surface area contributed by atoms with Crippen LogP contribution in [0.5, 0.6) is 0 Å². The van der Waals surface area contributed by atoms with Crippen LogP contribution in [0, 0.1) is 13.8 Å². The number of benzene rings is 1. The summed E-state index contributed by atoms with van der Waals surface area (Å²) in [6.45, 7) is 12.1. The number of aromatic nitrogens is 1. The molecule has 1 unspecified atom stereocenters. The Morgan fingerprint density at radius 2 is 2.10 bits per heavy atom. The van der Waals surface area contributed by atoms with Gasteiger partial charge in [0.25, 0.3) is 0 Å². The van der Waals surface area contributed by atoms with Crippen molar-refractivity contribution >= 4 is 23.1 Å². The molecule has 5 nitrogen and oxygen atoms in total. The lowest BCUT2D eigenvalue weighted by atomic mass is 10.0. The Kier molecular flexibility index (Phi) is 8.99. The highest BCUT2D eigenvalue weighted by Crippen LogP contribution is 2.27. The zero-order valence-corrected chi connectivity index (χ0v) is 19.8. The van der Waals surface area contributed by atoms with Gasteiger partial charge in [0.05, 0.1) is 7.11 Å². The first-order valence-electron chi connectivity index (χ1n) is 10.2. The van der Waals surface area contributed by atoms with Gasteiger partial charge >= 0.3 is 0 Å². The van der Waals surface area contributed by atoms with Crippen LogP contribution in [0.1, 0.15) is 50.1 Å². The third kappa shape index (κ3) is 6.39. The number of allylic oxidation sites excluding steroid dienone is 3. The molecule has 0 saturated heterocycles. The molecule has 1 N–H and O–H groups in total. The summed E-state index contributed by atoms with van der Waals surface area (Å²) in [7, 11) is 1.63. The van der Waals surface area contributed by atoms with Gasteiger partial charge in [-0.25, -0.2) is 9.98 Å². The number of aliphatic imine (C=N–C) groups is 2. The monoisotopic (exact) mass is 424 g/mol. The molecule has 0 aliphatic carbocycles. The van der Waals surface area contributed by atoms with E-state index in [0.29, 0.717) is 5.90 Å². The summed E-state index contributed by atoms with van der Waals surface area (Å²) in [5.41, 5.74) is 4.15. The molecule has 0 spiro atoms. The van der Waals surface area contributed by atoms with Crippen LogP contribution in [-0.2, 0) is 4.74 Å². The molecule has 0 bridgehead atoms. The number of amidine groups is 1. The Labute approximate surface area is 184 Å². The van der Waals surface area contributed by atoms with Crippen molar-refractivity contribution in [3.05, 3.63) is 64.4 Å². The van der Waals surface area contributed by atoms with Crippen molar-refractivity contribution in [2.75, 3.05) is 7.11 Å². The van der Waals surface area contributed by atoms with Crippen LogP contribution in [0.4, 0.5) is 0 Å². The molecule has 2 aromatic rings. The van der Waals surface area contributed by atoms with Gasteiger partial charge in [-0.1, -0.05) is 31.2 Å². The molecule has 0 aliphatic heterocycles. The third-order valence-corrected chi connectivity index (χ3v) is 5.49. The van der Waals surface area contributed by atoms with Gasteiger partial charge in [0.15, 0.2) is 0 Å². The van der Waals surface area contributed by atoms with Gasteiger partial charge in [0.1, 0.15) is 16.9 Å². The smallest absolute Gasteiger partial charge is 0.213 e. The Hall–Kier alpha value is -2.73. The van der Waals surface area contributed by atoms with Crippen molar-refractivity contribution in [2.24, 2.45) is 9.98 Å². The molecule has 0 saturated carbocycles. The van der Waals surface area contributed by atoms with E-state index in [-0.39, 0.29) is 6.04 Å². The van der Waals surface area contributed by atoms with Crippen molar-refractivity contribution in [1.29, 1.82) is 0 Å². The quantitative estimate of drug-likeness (QED) is 0.435.